The molecule has 7 nitrogen and oxygen atoms in total. The topological polar surface area (TPSA) is 55.8 Å². The van der Waals surface area contributed by atoms with Crippen molar-refractivity contribution in [2.45, 2.75) is 26.7 Å². The normalized spacial score (nSPS) is 19.4. The molecule has 1 amide bonds. The molecule has 1 aromatic heterocycles. The standard InChI is InChI=1S/C18H30N6O/c1-3-5-18(25)24-14-12-23(13-15-24)17-7-6-16(19-20-17)22-10-8-21(4-2)9-11-22/h6-7H,3-5,8-15H2,1-2H3. The average molecular weight is 346 g/mol. The molecule has 0 radical (unpaired) electrons. The van der Waals surface area contributed by atoms with E-state index in [9.17, 15) is 4.79 Å². The number of piperazine rings is 2. The Balaban J connectivity index is 1.52. The lowest BCUT2D eigenvalue weighted by Gasteiger charge is -2.36. The van der Waals surface area contributed by atoms with Gasteiger partial charge in [-0.3, -0.25) is 4.79 Å². The number of rotatable bonds is 5. The highest BCUT2D eigenvalue weighted by Crippen LogP contribution is 2.18. The number of likely N-dealkylation sites (N-methyl/N-ethyl adjacent to an activating group) is 1. The van der Waals surface area contributed by atoms with Crippen molar-refractivity contribution >= 4 is 17.5 Å². The summed E-state index contributed by atoms with van der Waals surface area (Å²) in [5.41, 5.74) is 0. The van der Waals surface area contributed by atoms with Crippen LogP contribution in [-0.2, 0) is 4.79 Å². The Bertz CT molecular complexity index is 547. The summed E-state index contributed by atoms with van der Waals surface area (Å²) in [4.78, 5) is 20.9. The first-order chi connectivity index (χ1) is 12.2. The third-order valence-corrected chi connectivity index (χ3v) is 5.20. The number of hydrogen-bond acceptors (Lipinski definition) is 6. The van der Waals surface area contributed by atoms with Crippen LogP contribution in [0.25, 0.3) is 0 Å². The van der Waals surface area contributed by atoms with Gasteiger partial charge < -0.3 is 19.6 Å². The second-order valence-electron chi connectivity index (χ2n) is 6.79. The van der Waals surface area contributed by atoms with E-state index in [-0.39, 0.29) is 5.91 Å². The van der Waals surface area contributed by atoms with Crippen LogP contribution in [0.4, 0.5) is 11.6 Å². The van der Waals surface area contributed by atoms with Crippen LogP contribution >= 0.6 is 0 Å². The molecular formula is C18H30N6O. The number of amides is 1. The predicted octanol–water partition coefficient (Wildman–Crippen LogP) is 1.07. The fourth-order valence-corrected chi connectivity index (χ4v) is 3.51. The molecule has 0 unspecified atom stereocenters. The van der Waals surface area contributed by atoms with E-state index >= 15 is 0 Å². The fourth-order valence-electron chi connectivity index (χ4n) is 3.51. The molecule has 25 heavy (non-hydrogen) atoms. The Labute approximate surface area is 150 Å². The van der Waals surface area contributed by atoms with Gasteiger partial charge in [-0.1, -0.05) is 13.8 Å². The molecule has 0 spiro atoms. The molecule has 0 aromatic carbocycles. The van der Waals surface area contributed by atoms with Crippen molar-refractivity contribution in [3.05, 3.63) is 12.1 Å². The third kappa shape index (κ3) is 4.39. The Kier molecular flexibility index (Phi) is 6.07. The smallest absolute Gasteiger partial charge is 0.222 e. The molecule has 138 valence electrons. The average Bonchev–Trinajstić information content (AvgIpc) is 2.68. The molecule has 0 saturated carbocycles. The number of carbonyl (C=O) groups is 1. The quantitative estimate of drug-likeness (QED) is 0.795. The summed E-state index contributed by atoms with van der Waals surface area (Å²) >= 11 is 0. The van der Waals surface area contributed by atoms with E-state index < -0.39 is 0 Å². The number of hydrogen-bond donors (Lipinski definition) is 0. The first-order valence-electron chi connectivity index (χ1n) is 9.55. The zero-order valence-electron chi connectivity index (χ0n) is 15.5. The van der Waals surface area contributed by atoms with Gasteiger partial charge in [0.15, 0.2) is 11.6 Å². The fraction of sp³-hybridized carbons (Fsp3) is 0.722. The highest BCUT2D eigenvalue weighted by Gasteiger charge is 2.22. The number of nitrogens with zero attached hydrogens (tertiary/aromatic N) is 6. The Hall–Kier alpha value is -1.89. The lowest BCUT2D eigenvalue weighted by molar-refractivity contribution is -0.131. The molecule has 2 aliphatic rings. The highest BCUT2D eigenvalue weighted by atomic mass is 16.2. The van der Waals surface area contributed by atoms with Gasteiger partial charge in [0.25, 0.3) is 0 Å². The lowest BCUT2D eigenvalue weighted by atomic mass is 10.2. The summed E-state index contributed by atoms with van der Waals surface area (Å²) in [6.45, 7) is 12.8. The second-order valence-corrected chi connectivity index (χ2v) is 6.79. The maximum atomic E-state index is 12.0. The van der Waals surface area contributed by atoms with E-state index in [1.54, 1.807) is 0 Å². The Morgan fingerprint density at radius 1 is 0.880 bits per heavy atom. The van der Waals surface area contributed by atoms with Crippen LogP contribution < -0.4 is 9.80 Å². The van der Waals surface area contributed by atoms with E-state index in [0.29, 0.717) is 6.42 Å². The first-order valence-corrected chi connectivity index (χ1v) is 9.55. The molecule has 2 saturated heterocycles. The monoisotopic (exact) mass is 346 g/mol. The molecule has 0 aliphatic carbocycles. The van der Waals surface area contributed by atoms with Gasteiger partial charge in [-0.15, -0.1) is 10.2 Å². The van der Waals surface area contributed by atoms with Gasteiger partial charge in [0, 0.05) is 58.8 Å². The zero-order valence-corrected chi connectivity index (χ0v) is 15.5. The molecule has 3 heterocycles. The van der Waals surface area contributed by atoms with Gasteiger partial charge in [0.05, 0.1) is 0 Å². The van der Waals surface area contributed by atoms with Gasteiger partial charge in [0.2, 0.25) is 5.91 Å². The van der Waals surface area contributed by atoms with Crippen molar-refractivity contribution in [1.82, 2.24) is 20.0 Å². The Morgan fingerprint density at radius 2 is 1.40 bits per heavy atom. The van der Waals surface area contributed by atoms with Crippen molar-refractivity contribution in [1.29, 1.82) is 0 Å². The number of aromatic nitrogens is 2. The summed E-state index contributed by atoms with van der Waals surface area (Å²) in [6.07, 6.45) is 1.57. The predicted molar refractivity (Wildman–Crippen MR) is 100 cm³/mol. The van der Waals surface area contributed by atoms with E-state index in [2.05, 4.69) is 44.0 Å². The molecule has 2 aliphatic heterocycles. The van der Waals surface area contributed by atoms with Crippen molar-refractivity contribution in [3.8, 4) is 0 Å². The van der Waals surface area contributed by atoms with Gasteiger partial charge >= 0.3 is 0 Å². The van der Waals surface area contributed by atoms with Crippen LogP contribution in [0.5, 0.6) is 0 Å². The van der Waals surface area contributed by atoms with Crippen molar-refractivity contribution in [2.75, 3.05) is 68.7 Å². The van der Waals surface area contributed by atoms with Gasteiger partial charge in [-0.25, -0.2) is 0 Å². The van der Waals surface area contributed by atoms with E-state index in [0.717, 1.165) is 77.0 Å². The molecule has 3 rings (SSSR count). The largest absolute Gasteiger partial charge is 0.353 e. The Morgan fingerprint density at radius 3 is 1.84 bits per heavy atom. The van der Waals surface area contributed by atoms with Gasteiger partial charge in [0.1, 0.15) is 0 Å². The van der Waals surface area contributed by atoms with Crippen LogP contribution in [0.1, 0.15) is 26.7 Å². The molecule has 0 atom stereocenters. The van der Waals surface area contributed by atoms with Crippen LogP contribution in [0.3, 0.4) is 0 Å². The molecule has 0 N–H and O–H groups in total. The van der Waals surface area contributed by atoms with Crippen LogP contribution in [0, 0.1) is 0 Å². The maximum Gasteiger partial charge on any atom is 0.222 e. The summed E-state index contributed by atoms with van der Waals surface area (Å²) < 4.78 is 0. The minimum absolute atomic E-state index is 0.273. The molecule has 7 heteroatoms. The van der Waals surface area contributed by atoms with Crippen LogP contribution in [0.15, 0.2) is 12.1 Å². The molecule has 0 bridgehead atoms. The zero-order chi connectivity index (χ0) is 17.6. The third-order valence-electron chi connectivity index (χ3n) is 5.20. The first kappa shape index (κ1) is 17.9. The second kappa shape index (κ2) is 8.47. The minimum Gasteiger partial charge on any atom is -0.353 e. The van der Waals surface area contributed by atoms with Crippen molar-refractivity contribution in [2.24, 2.45) is 0 Å². The van der Waals surface area contributed by atoms with Gasteiger partial charge in [-0.2, -0.15) is 0 Å². The molecular weight excluding hydrogens is 316 g/mol. The van der Waals surface area contributed by atoms with Crippen LogP contribution in [0.2, 0.25) is 0 Å². The minimum atomic E-state index is 0.273. The highest BCUT2D eigenvalue weighted by molar-refractivity contribution is 5.76. The van der Waals surface area contributed by atoms with Crippen LogP contribution in [-0.4, -0.2) is 84.8 Å². The van der Waals surface area contributed by atoms with E-state index in [1.807, 2.05) is 11.8 Å². The van der Waals surface area contributed by atoms with E-state index in [4.69, 9.17) is 0 Å². The number of carbonyl (C=O) groups excluding carboxylic acids is 1. The number of anilines is 2. The van der Waals surface area contributed by atoms with Crippen molar-refractivity contribution < 1.29 is 4.79 Å². The van der Waals surface area contributed by atoms with E-state index in [1.165, 1.54) is 0 Å². The van der Waals surface area contributed by atoms with Crippen molar-refractivity contribution in [3.63, 3.8) is 0 Å². The maximum absolute atomic E-state index is 12.0. The SMILES string of the molecule is CCCC(=O)N1CCN(c2ccc(N3CCN(CC)CC3)nn2)CC1. The molecule has 2 fully saturated rings. The summed E-state index contributed by atoms with van der Waals surface area (Å²) in [7, 11) is 0. The summed E-state index contributed by atoms with van der Waals surface area (Å²) in [5, 5.41) is 8.89. The lowest BCUT2D eigenvalue weighted by Crippen LogP contribution is -2.49. The molecule has 1 aromatic rings. The summed E-state index contributed by atoms with van der Waals surface area (Å²) in [5.74, 6) is 2.16. The van der Waals surface area contributed by atoms with Gasteiger partial charge in [-0.05, 0) is 25.1 Å². The summed E-state index contributed by atoms with van der Waals surface area (Å²) in [6, 6.07) is 4.15.